The molecule has 1 rings (SSSR count). The molecule has 0 saturated heterocycles. The van der Waals surface area contributed by atoms with Crippen LogP contribution in [0.25, 0.3) is 0 Å². The first-order valence-corrected chi connectivity index (χ1v) is 7.54. The van der Waals surface area contributed by atoms with Gasteiger partial charge in [0.2, 0.25) is 0 Å². The van der Waals surface area contributed by atoms with Crippen molar-refractivity contribution >= 4 is 5.96 Å². The molecule has 0 spiro atoms. The van der Waals surface area contributed by atoms with Gasteiger partial charge in [-0.15, -0.1) is 0 Å². The van der Waals surface area contributed by atoms with E-state index in [0.29, 0.717) is 0 Å². The highest BCUT2D eigenvalue weighted by molar-refractivity contribution is 5.80. The van der Waals surface area contributed by atoms with Gasteiger partial charge in [-0.05, 0) is 58.7 Å². The van der Waals surface area contributed by atoms with E-state index in [-0.39, 0.29) is 11.6 Å². The van der Waals surface area contributed by atoms with E-state index >= 15 is 0 Å². The summed E-state index contributed by atoms with van der Waals surface area (Å²) in [6, 6.07) is 8.27. The molecule has 0 atom stereocenters. The number of nitrogens with zero attached hydrogens (tertiary/aromatic N) is 1. The number of ether oxygens (including phenoxy) is 1. The molecule has 1 aromatic carbocycles. The average Bonchev–Trinajstić information content (AvgIpc) is 2.37. The predicted molar refractivity (Wildman–Crippen MR) is 90.2 cm³/mol. The van der Waals surface area contributed by atoms with Gasteiger partial charge in [0.1, 0.15) is 5.75 Å². The monoisotopic (exact) mass is 291 g/mol. The second-order valence-corrected chi connectivity index (χ2v) is 6.43. The Kier molecular flexibility index (Phi) is 6.53. The molecule has 118 valence electrons. The van der Waals surface area contributed by atoms with Crippen LogP contribution in [0.5, 0.6) is 5.75 Å². The zero-order valence-electron chi connectivity index (χ0n) is 14.2. The maximum atomic E-state index is 5.64. The normalized spacial score (nSPS) is 12.4. The van der Waals surface area contributed by atoms with E-state index in [9.17, 15) is 0 Å². The van der Waals surface area contributed by atoms with Crippen LogP contribution in [0.4, 0.5) is 0 Å². The van der Waals surface area contributed by atoms with Gasteiger partial charge in [0, 0.05) is 19.1 Å². The largest absolute Gasteiger partial charge is 0.491 e. The van der Waals surface area contributed by atoms with Crippen molar-refractivity contribution in [1.29, 1.82) is 0 Å². The molecule has 0 heterocycles. The molecule has 21 heavy (non-hydrogen) atoms. The summed E-state index contributed by atoms with van der Waals surface area (Å²) in [6.07, 6.45) is 1.16. The molecule has 1 aromatic rings. The Labute approximate surface area is 129 Å². The third kappa shape index (κ3) is 7.59. The van der Waals surface area contributed by atoms with Crippen molar-refractivity contribution in [1.82, 2.24) is 10.6 Å². The number of benzene rings is 1. The molecule has 0 unspecified atom stereocenters. The molecule has 0 saturated carbocycles. The average molecular weight is 291 g/mol. The van der Waals surface area contributed by atoms with Crippen LogP contribution in [0.3, 0.4) is 0 Å². The minimum atomic E-state index is 0.0116. The summed E-state index contributed by atoms with van der Waals surface area (Å²) < 4.78 is 5.64. The number of nitrogens with one attached hydrogen (secondary N) is 2. The van der Waals surface area contributed by atoms with Crippen LogP contribution in [0.2, 0.25) is 0 Å². The summed E-state index contributed by atoms with van der Waals surface area (Å²) in [7, 11) is 1.79. The Bertz CT molecular complexity index is 444. The second-order valence-electron chi connectivity index (χ2n) is 6.43. The van der Waals surface area contributed by atoms with E-state index in [1.807, 2.05) is 26.0 Å². The van der Waals surface area contributed by atoms with Crippen LogP contribution < -0.4 is 15.4 Å². The first kappa shape index (κ1) is 17.3. The Balaban J connectivity index is 2.41. The zero-order valence-corrected chi connectivity index (χ0v) is 14.2. The van der Waals surface area contributed by atoms with E-state index < -0.39 is 0 Å². The molecular formula is C17H29N3O. The SMILES string of the molecule is CN=C(NCCc1ccc(OC(C)C)cc1)NC(C)(C)C. The number of hydrogen-bond acceptors (Lipinski definition) is 2. The van der Waals surface area contributed by atoms with Crippen LogP contribution in [0, 0.1) is 0 Å². The summed E-state index contributed by atoms with van der Waals surface area (Å²) in [5.74, 6) is 1.76. The van der Waals surface area contributed by atoms with E-state index in [1.54, 1.807) is 7.05 Å². The summed E-state index contributed by atoms with van der Waals surface area (Å²) in [6.45, 7) is 11.3. The van der Waals surface area contributed by atoms with Crippen molar-refractivity contribution in [2.24, 2.45) is 4.99 Å². The lowest BCUT2D eigenvalue weighted by molar-refractivity contribution is 0.242. The van der Waals surface area contributed by atoms with Gasteiger partial charge in [-0.2, -0.15) is 0 Å². The Morgan fingerprint density at radius 2 is 1.81 bits per heavy atom. The third-order valence-corrected chi connectivity index (χ3v) is 2.72. The summed E-state index contributed by atoms with van der Waals surface area (Å²) >= 11 is 0. The standard InChI is InChI=1S/C17H29N3O/c1-13(2)21-15-9-7-14(8-10-15)11-12-19-16(18-6)20-17(3,4)5/h7-10,13H,11-12H2,1-6H3,(H2,18,19,20). The van der Waals surface area contributed by atoms with Gasteiger partial charge >= 0.3 is 0 Å². The van der Waals surface area contributed by atoms with Gasteiger partial charge in [-0.3, -0.25) is 4.99 Å². The smallest absolute Gasteiger partial charge is 0.191 e. The Morgan fingerprint density at radius 3 is 2.29 bits per heavy atom. The minimum absolute atomic E-state index is 0.0116. The maximum Gasteiger partial charge on any atom is 0.191 e. The van der Waals surface area contributed by atoms with Crippen LogP contribution in [-0.2, 0) is 6.42 Å². The van der Waals surface area contributed by atoms with Gasteiger partial charge in [-0.25, -0.2) is 0 Å². The van der Waals surface area contributed by atoms with E-state index in [0.717, 1.165) is 24.7 Å². The van der Waals surface area contributed by atoms with Crippen molar-refractivity contribution in [2.75, 3.05) is 13.6 Å². The highest BCUT2D eigenvalue weighted by atomic mass is 16.5. The fourth-order valence-electron chi connectivity index (χ4n) is 1.87. The molecule has 2 N–H and O–H groups in total. The van der Waals surface area contributed by atoms with E-state index in [2.05, 4.69) is 48.5 Å². The van der Waals surface area contributed by atoms with Crippen molar-refractivity contribution in [3.05, 3.63) is 29.8 Å². The van der Waals surface area contributed by atoms with Crippen LogP contribution in [0.15, 0.2) is 29.3 Å². The lowest BCUT2D eigenvalue weighted by Gasteiger charge is -2.23. The van der Waals surface area contributed by atoms with E-state index in [1.165, 1.54) is 5.56 Å². The lowest BCUT2D eigenvalue weighted by atomic mass is 10.1. The molecular weight excluding hydrogens is 262 g/mol. The van der Waals surface area contributed by atoms with Gasteiger partial charge < -0.3 is 15.4 Å². The molecule has 0 aliphatic heterocycles. The van der Waals surface area contributed by atoms with E-state index in [4.69, 9.17) is 4.74 Å². The van der Waals surface area contributed by atoms with Gasteiger partial charge in [0.25, 0.3) is 0 Å². The fourth-order valence-corrected chi connectivity index (χ4v) is 1.87. The highest BCUT2D eigenvalue weighted by Crippen LogP contribution is 2.13. The molecule has 0 amide bonds. The van der Waals surface area contributed by atoms with Gasteiger partial charge in [0.05, 0.1) is 6.10 Å². The first-order chi connectivity index (χ1) is 9.80. The second kappa shape index (κ2) is 7.91. The molecule has 4 heteroatoms. The van der Waals surface area contributed by atoms with Crippen molar-refractivity contribution in [2.45, 2.75) is 52.7 Å². The first-order valence-electron chi connectivity index (χ1n) is 7.54. The van der Waals surface area contributed by atoms with Crippen LogP contribution in [-0.4, -0.2) is 31.2 Å². The minimum Gasteiger partial charge on any atom is -0.491 e. The third-order valence-electron chi connectivity index (χ3n) is 2.72. The van der Waals surface area contributed by atoms with Crippen molar-refractivity contribution in [3.8, 4) is 5.75 Å². The molecule has 0 aromatic heterocycles. The number of hydrogen-bond donors (Lipinski definition) is 2. The number of rotatable bonds is 5. The summed E-state index contributed by atoms with van der Waals surface area (Å²) in [5, 5.41) is 6.67. The van der Waals surface area contributed by atoms with Crippen molar-refractivity contribution in [3.63, 3.8) is 0 Å². The fraction of sp³-hybridized carbons (Fsp3) is 0.588. The highest BCUT2D eigenvalue weighted by Gasteiger charge is 2.11. The van der Waals surface area contributed by atoms with Crippen molar-refractivity contribution < 1.29 is 4.74 Å². The molecule has 0 radical (unpaired) electrons. The lowest BCUT2D eigenvalue weighted by Crippen LogP contribution is -2.48. The Morgan fingerprint density at radius 1 is 1.19 bits per heavy atom. The molecule has 0 fully saturated rings. The van der Waals surface area contributed by atoms with Crippen LogP contribution >= 0.6 is 0 Å². The Hall–Kier alpha value is -1.71. The number of aliphatic imine (C=N–C) groups is 1. The number of guanidine groups is 1. The van der Waals surface area contributed by atoms with Gasteiger partial charge in [-0.1, -0.05) is 12.1 Å². The topological polar surface area (TPSA) is 45.7 Å². The zero-order chi connectivity index (χ0) is 15.9. The molecule has 4 nitrogen and oxygen atoms in total. The summed E-state index contributed by atoms with van der Waals surface area (Å²) in [4.78, 5) is 4.23. The molecule has 0 aliphatic rings. The summed E-state index contributed by atoms with van der Waals surface area (Å²) in [5.41, 5.74) is 1.29. The van der Waals surface area contributed by atoms with Gasteiger partial charge in [0.15, 0.2) is 5.96 Å². The molecule has 0 bridgehead atoms. The maximum absolute atomic E-state index is 5.64. The predicted octanol–water partition coefficient (Wildman–Crippen LogP) is 2.98. The van der Waals surface area contributed by atoms with Crippen LogP contribution in [0.1, 0.15) is 40.2 Å². The molecule has 0 aliphatic carbocycles. The quantitative estimate of drug-likeness (QED) is 0.647.